The fraction of sp³-hybridized carbons (Fsp3) is 0.512. The number of nitrogens with zero attached hydrogens (tertiary/aromatic N) is 6. The van der Waals surface area contributed by atoms with Crippen LogP contribution >= 0.6 is 0 Å². The van der Waals surface area contributed by atoms with Crippen LogP contribution in [0.2, 0.25) is 0 Å². The van der Waals surface area contributed by atoms with Gasteiger partial charge in [-0.15, -0.1) is 0 Å². The minimum atomic E-state index is -0.626. The van der Waals surface area contributed by atoms with E-state index in [9.17, 15) is 14.4 Å². The van der Waals surface area contributed by atoms with Gasteiger partial charge < -0.3 is 29.9 Å². The first-order valence-electron chi connectivity index (χ1n) is 20.1. The van der Waals surface area contributed by atoms with Gasteiger partial charge >= 0.3 is 0 Å². The molecule has 11 heteroatoms. The first kappa shape index (κ1) is 35.0. The van der Waals surface area contributed by atoms with Crippen LogP contribution in [0.15, 0.2) is 48.8 Å². The molecule has 3 amide bonds. The number of carbonyl (C=O) groups is 3. The van der Waals surface area contributed by atoms with E-state index in [4.69, 9.17) is 9.97 Å². The van der Waals surface area contributed by atoms with Crippen LogP contribution < -0.4 is 15.5 Å². The SMILES string of the molecule is CNC(=O)c1cc(Nc2nc(-c3ccc4c(c3)N(C3CC(N5CCCCC5)C3)C(=O)C43CCN(C(=O)C(C)C)CC3)cc3ncn(C4CC4)c23)ccc1C. The summed E-state index contributed by atoms with van der Waals surface area (Å²) in [6.07, 6.45) is 11.2. The molecule has 54 heavy (non-hydrogen) atoms. The van der Waals surface area contributed by atoms with E-state index >= 15 is 0 Å². The van der Waals surface area contributed by atoms with E-state index in [1.807, 2.05) is 50.2 Å². The minimum Gasteiger partial charge on any atom is -0.355 e. The molecule has 2 aromatic heterocycles. The molecule has 0 radical (unpaired) electrons. The number of fused-ring (bicyclic) bond motifs is 3. The number of pyridine rings is 1. The lowest BCUT2D eigenvalue weighted by molar-refractivity contribution is -0.138. The highest BCUT2D eigenvalue weighted by molar-refractivity contribution is 6.09. The van der Waals surface area contributed by atoms with Crippen molar-refractivity contribution in [2.45, 2.75) is 102 Å². The third kappa shape index (κ3) is 5.86. The van der Waals surface area contributed by atoms with Crippen LogP contribution in [0.5, 0.6) is 0 Å². The van der Waals surface area contributed by atoms with Crippen molar-refractivity contribution >= 4 is 45.9 Å². The number of aromatic nitrogens is 3. The Morgan fingerprint density at radius 3 is 2.37 bits per heavy atom. The summed E-state index contributed by atoms with van der Waals surface area (Å²) in [6.45, 7) is 9.34. The van der Waals surface area contributed by atoms with Gasteiger partial charge in [-0.2, -0.15) is 0 Å². The largest absolute Gasteiger partial charge is 0.355 e. The normalized spacial score (nSPS) is 22.5. The molecule has 282 valence electrons. The van der Waals surface area contributed by atoms with Gasteiger partial charge in [0.05, 0.1) is 23.0 Å². The zero-order valence-corrected chi connectivity index (χ0v) is 32.0. The summed E-state index contributed by atoms with van der Waals surface area (Å²) in [5, 5.41) is 6.32. The summed E-state index contributed by atoms with van der Waals surface area (Å²) >= 11 is 0. The van der Waals surface area contributed by atoms with E-state index in [0.717, 1.165) is 83.6 Å². The van der Waals surface area contributed by atoms with Crippen molar-refractivity contribution in [1.82, 2.24) is 29.7 Å². The Bertz CT molecular complexity index is 2130. The molecule has 5 heterocycles. The number of benzene rings is 2. The molecule has 5 aliphatic rings. The van der Waals surface area contributed by atoms with Gasteiger partial charge in [-0.1, -0.05) is 38.5 Å². The van der Waals surface area contributed by atoms with E-state index in [1.165, 1.54) is 19.3 Å². The van der Waals surface area contributed by atoms with Crippen LogP contribution in [-0.2, 0) is 15.0 Å². The van der Waals surface area contributed by atoms with Gasteiger partial charge in [0.2, 0.25) is 11.8 Å². The summed E-state index contributed by atoms with van der Waals surface area (Å²) in [5.41, 5.74) is 7.25. The predicted molar refractivity (Wildman–Crippen MR) is 211 cm³/mol. The number of aryl methyl sites for hydroxylation is 1. The molecule has 0 bridgehead atoms. The molecule has 1 spiro atoms. The number of hydrogen-bond donors (Lipinski definition) is 2. The maximum atomic E-state index is 14.9. The number of anilines is 3. The third-order valence-electron chi connectivity index (χ3n) is 12.9. The van der Waals surface area contributed by atoms with Gasteiger partial charge in [0, 0.05) is 66.7 Å². The van der Waals surface area contributed by atoms with Crippen LogP contribution in [0, 0.1) is 12.8 Å². The number of hydrogen-bond acceptors (Lipinski definition) is 7. The molecule has 0 unspecified atom stereocenters. The van der Waals surface area contributed by atoms with Crippen molar-refractivity contribution in [1.29, 1.82) is 0 Å². The number of piperidine rings is 2. The summed E-state index contributed by atoms with van der Waals surface area (Å²) in [4.78, 5) is 57.4. The quantitative estimate of drug-likeness (QED) is 0.207. The second-order valence-electron chi connectivity index (χ2n) is 16.7. The van der Waals surface area contributed by atoms with E-state index in [2.05, 4.69) is 49.3 Å². The Balaban J connectivity index is 1.09. The van der Waals surface area contributed by atoms with Gasteiger partial charge in [-0.05, 0) is 107 Å². The van der Waals surface area contributed by atoms with Crippen molar-refractivity contribution < 1.29 is 14.4 Å². The average Bonchev–Trinajstić information content (AvgIpc) is 3.89. The highest BCUT2D eigenvalue weighted by atomic mass is 16.2. The summed E-state index contributed by atoms with van der Waals surface area (Å²) in [6, 6.07) is 15.4. The number of rotatable bonds is 8. The molecule has 11 nitrogen and oxygen atoms in total. The molecule has 0 atom stereocenters. The number of carbonyl (C=O) groups excluding carboxylic acids is 3. The average molecular weight is 729 g/mol. The van der Waals surface area contributed by atoms with Crippen molar-refractivity contribution in [3.8, 4) is 11.3 Å². The van der Waals surface area contributed by atoms with Crippen LogP contribution in [0.4, 0.5) is 17.2 Å². The van der Waals surface area contributed by atoms with Gasteiger partial charge in [-0.3, -0.25) is 14.4 Å². The van der Waals surface area contributed by atoms with Crippen LogP contribution in [0.3, 0.4) is 0 Å². The lowest BCUT2D eigenvalue weighted by Gasteiger charge is -2.48. The fourth-order valence-corrected chi connectivity index (χ4v) is 9.56. The molecular weight excluding hydrogens is 677 g/mol. The van der Waals surface area contributed by atoms with Crippen molar-refractivity contribution in [2.24, 2.45) is 5.92 Å². The third-order valence-corrected chi connectivity index (χ3v) is 12.9. The van der Waals surface area contributed by atoms with Crippen molar-refractivity contribution in [2.75, 3.05) is 43.4 Å². The lowest BCUT2D eigenvalue weighted by atomic mass is 9.73. The molecule has 3 aliphatic heterocycles. The van der Waals surface area contributed by atoms with Gasteiger partial charge in [-0.25, -0.2) is 9.97 Å². The first-order chi connectivity index (χ1) is 26.1. The van der Waals surface area contributed by atoms with Crippen molar-refractivity contribution in [3.63, 3.8) is 0 Å². The maximum absolute atomic E-state index is 14.9. The fourth-order valence-electron chi connectivity index (χ4n) is 9.56. The Labute approximate surface area is 317 Å². The van der Waals surface area contributed by atoms with Crippen LogP contribution in [0.25, 0.3) is 22.3 Å². The summed E-state index contributed by atoms with van der Waals surface area (Å²) < 4.78 is 2.22. The zero-order chi connectivity index (χ0) is 37.3. The topological polar surface area (TPSA) is 116 Å². The Morgan fingerprint density at radius 1 is 0.907 bits per heavy atom. The highest BCUT2D eigenvalue weighted by Gasteiger charge is 2.56. The zero-order valence-electron chi connectivity index (χ0n) is 32.0. The predicted octanol–water partition coefficient (Wildman–Crippen LogP) is 6.72. The molecule has 2 aromatic carbocycles. The number of imidazole rings is 1. The van der Waals surface area contributed by atoms with Gasteiger partial charge in [0.25, 0.3) is 5.91 Å². The molecule has 4 fully saturated rings. The lowest BCUT2D eigenvalue weighted by Crippen LogP contribution is -2.58. The number of nitrogens with one attached hydrogen (secondary N) is 2. The van der Waals surface area contributed by atoms with Crippen molar-refractivity contribution in [3.05, 3.63) is 65.5 Å². The first-order valence-corrected chi connectivity index (χ1v) is 20.1. The molecule has 2 saturated carbocycles. The minimum absolute atomic E-state index is 0.0600. The molecule has 2 saturated heterocycles. The number of amides is 3. The maximum Gasteiger partial charge on any atom is 0.251 e. The van der Waals surface area contributed by atoms with Crippen LogP contribution in [0.1, 0.15) is 99.2 Å². The monoisotopic (exact) mass is 728 g/mol. The second-order valence-corrected chi connectivity index (χ2v) is 16.7. The van der Waals surface area contributed by atoms with E-state index in [0.29, 0.717) is 49.4 Å². The molecule has 9 rings (SSSR count). The standard InChI is InChI=1S/C43H52N8O3/c1-26(2)41(53)49-18-14-43(15-19-49)34-13-9-28(20-37(34)51(42(43)54)32-22-31(23-32)48-16-6-5-7-17-48)35-24-36-38(50(25-45-36)30-11-12-30)39(47-35)46-29-10-8-27(3)33(21-29)40(52)44-4/h8-10,13,20-21,24-26,30-32H,5-7,11-12,14-19,22-23H2,1-4H3,(H,44,52)(H,46,47). The van der Waals surface area contributed by atoms with Gasteiger partial charge in [0.15, 0.2) is 5.82 Å². The molecule has 4 aromatic rings. The Hall–Kier alpha value is -4.77. The highest BCUT2D eigenvalue weighted by Crippen LogP contribution is 2.52. The summed E-state index contributed by atoms with van der Waals surface area (Å²) in [7, 11) is 1.65. The van der Waals surface area contributed by atoms with E-state index < -0.39 is 5.41 Å². The molecule has 2 aliphatic carbocycles. The Kier molecular flexibility index (Phi) is 8.75. The van der Waals surface area contributed by atoms with Crippen LogP contribution in [-0.4, -0.2) is 87.4 Å². The van der Waals surface area contributed by atoms with E-state index in [-0.39, 0.29) is 29.7 Å². The Morgan fingerprint density at radius 2 is 1.67 bits per heavy atom. The van der Waals surface area contributed by atoms with Gasteiger partial charge in [0.1, 0.15) is 5.52 Å². The van der Waals surface area contributed by atoms with E-state index in [1.54, 1.807) is 7.05 Å². The second kappa shape index (κ2) is 13.5. The molecular formula is C43H52N8O3. The molecule has 2 N–H and O–H groups in total. The number of likely N-dealkylation sites (tertiary alicyclic amines) is 2. The smallest absolute Gasteiger partial charge is 0.251 e. The summed E-state index contributed by atoms with van der Waals surface area (Å²) in [5.74, 6) is 0.862.